The van der Waals surface area contributed by atoms with E-state index < -0.39 is 24.5 Å². The zero-order valence-electron chi connectivity index (χ0n) is 15.7. The topological polar surface area (TPSA) is 97.4 Å². The van der Waals surface area contributed by atoms with E-state index in [1.165, 1.54) is 11.3 Å². The van der Waals surface area contributed by atoms with Crippen molar-refractivity contribution in [3.63, 3.8) is 0 Å². The van der Waals surface area contributed by atoms with Crippen molar-refractivity contribution in [2.75, 3.05) is 6.61 Å². The lowest BCUT2D eigenvalue weighted by molar-refractivity contribution is -0.123. The molecule has 0 atom stereocenters. The Morgan fingerprint density at radius 2 is 1.76 bits per heavy atom. The van der Waals surface area contributed by atoms with Crippen LogP contribution in [0.25, 0.3) is 10.6 Å². The Bertz CT molecular complexity index is 1000. The highest BCUT2D eigenvalue weighted by Crippen LogP contribution is 2.24. The number of carbonyl (C=O) groups is 3. The second kappa shape index (κ2) is 9.61. The van der Waals surface area contributed by atoms with Crippen LogP contribution in [0.4, 0.5) is 4.79 Å². The summed E-state index contributed by atoms with van der Waals surface area (Å²) in [6.45, 7) is 1.69. The van der Waals surface area contributed by atoms with Gasteiger partial charge >= 0.3 is 12.0 Å². The zero-order chi connectivity index (χ0) is 20.6. The number of carbonyl (C=O) groups excluding carboxylic acids is 3. The maximum Gasteiger partial charge on any atom is 0.358 e. The highest BCUT2D eigenvalue weighted by Gasteiger charge is 2.16. The molecule has 0 aliphatic carbocycles. The number of aromatic nitrogens is 1. The predicted molar refractivity (Wildman–Crippen MR) is 109 cm³/mol. The van der Waals surface area contributed by atoms with Crippen LogP contribution in [0.2, 0.25) is 0 Å². The quantitative estimate of drug-likeness (QED) is 0.609. The minimum absolute atomic E-state index is 0.118. The van der Waals surface area contributed by atoms with Gasteiger partial charge < -0.3 is 10.1 Å². The molecule has 1 aromatic heterocycles. The van der Waals surface area contributed by atoms with Crippen molar-refractivity contribution < 1.29 is 19.1 Å². The molecule has 148 valence electrons. The second-order valence-corrected chi connectivity index (χ2v) is 7.05. The maximum atomic E-state index is 12.1. The molecule has 7 nitrogen and oxygen atoms in total. The second-order valence-electron chi connectivity index (χ2n) is 6.20. The van der Waals surface area contributed by atoms with E-state index in [2.05, 4.69) is 15.6 Å². The third kappa shape index (κ3) is 5.98. The van der Waals surface area contributed by atoms with Gasteiger partial charge in [0.15, 0.2) is 12.3 Å². The van der Waals surface area contributed by atoms with Crippen LogP contribution in [-0.4, -0.2) is 29.5 Å². The van der Waals surface area contributed by atoms with E-state index in [1.54, 1.807) is 5.38 Å². The van der Waals surface area contributed by atoms with Gasteiger partial charge in [0, 0.05) is 17.5 Å². The third-order valence-electron chi connectivity index (χ3n) is 3.90. The Balaban J connectivity index is 1.44. The number of nitrogens with zero attached hydrogens (tertiary/aromatic N) is 1. The van der Waals surface area contributed by atoms with E-state index in [-0.39, 0.29) is 12.2 Å². The highest BCUT2D eigenvalue weighted by atomic mass is 32.1. The number of hydrogen-bond acceptors (Lipinski definition) is 6. The number of esters is 1. The fraction of sp³-hybridized carbons (Fsp3) is 0.143. The normalized spacial score (nSPS) is 10.2. The molecule has 8 heteroatoms. The van der Waals surface area contributed by atoms with E-state index in [0.717, 1.165) is 16.7 Å². The molecule has 2 N–H and O–H groups in total. The first-order valence-electron chi connectivity index (χ1n) is 8.82. The summed E-state index contributed by atoms with van der Waals surface area (Å²) in [5.41, 5.74) is 3.04. The smallest absolute Gasteiger partial charge is 0.358 e. The van der Waals surface area contributed by atoms with Crippen LogP contribution in [0.3, 0.4) is 0 Å². The van der Waals surface area contributed by atoms with Gasteiger partial charge in [-0.25, -0.2) is 14.6 Å². The Hall–Kier alpha value is -3.52. The number of imide groups is 1. The van der Waals surface area contributed by atoms with Gasteiger partial charge in [-0.05, 0) is 12.5 Å². The summed E-state index contributed by atoms with van der Waals surface area (Å²) in [7, 11) is 0. The summed E-state index contributed by atoms with van der Waals surface area (Å²) >= 11 is 1.31. The van der Waals surface area contributed by atoms with Crippen LogP contribution in [0.5, 0.6) is 0 Å². The van der Waals surface area contributed by atoms with Crippen molar-refractivity contribution in [3.05, 3.63) is 76.8 Å². The average molecular weight is 409 g/mol. The molecule has 0 unspecified atom stereocenters. The minimum Gasteiger partial charge on any atom is -0.451 e. The molecular weight excluding hydrogens is 390 g/mol. The SMILES string of the molecule is Cc1ccc(-c2nc(C(=O)OCC(=O)NC(=O)NCc3ccccc3)cs2)cc1. The first-order chi connectivity index (χ1) is 14.0. The zero-order valence-corrected chi connectivity index (χ0v) is 16.5. The van der Waals surface area contributed by atoms with Crippen molar-refractivity contribution in [3.8, 4) is 10.6 Å². The number of nitrogens with one attached hydrogen (secondary N) is 2. The molecule has 0 saturated heterocycles. The molecule has 1 heterocycles. The number of urea groups is 1. The van der Waals surface area contributed by atoms with E-state index in [0.29, 0.717) is 5.01 Å². The Labute approximate surface area is 171 Å². The van der Waals surface area contributed by atoms with Crippen LogP contribution in [0.15, 0.2) is 60.0 Å². The van der Waals surface area contributed by atoms with Gasteiger partial charge in [-0.3, -0.25) is 10.1 Å². The molecule has 0 bridgehead atoms. The molecule has 0 aliphatic heterocycles. The van der Waals surface area contributed by atoms with Crippen molar-refractivity contribution >= 4 is 29.2 Å². The van der Waals surface area contributed by atoms with Crippen molar-refractivity contribution in [2.45, 2.75) is 13.5 Å². The van der Waals surface area contributed by atoms with Crippen LogP contribution in [0.1, 0.15) is 21.6 Å². The van der Waals surface area contributed by atoms with Crippen LogP contribution in [0, 0.1) is 6.92 Å². The van der Waals surface area contributed by atoms with Crippen molar-refractivity contribution in [2.24, 2.45) is 0 Å². The predicted octanol–water partition coefficient (Wildman–Crippen LogP) is 3.30. The summed E-state index contributed by atoms with van der Waals surface area (Å²) in [4.78, 5) is 39.9. The Morgan fingerprint density at radius 3 is 2.48 bits per heavy atom. The van der Waals surface area contributed by atoms with E-state index >= 15 is 0 Å². The van der Waals surface area contributed by atoms with Gasteiger partial charge in [0.05, 0.1) is 0 Å². The van der Waals surface area contributed by atoms with Crippen LogP contribution in [-0.2, 0) is 16.1 Å². The van der Waals surface area contributed by atoms with Gasteiger partial charge in [0.25, 0.3) is 5.91 Å². The third-order valence-corrected chi connectivity index (χ3v) is 4.79. The summed E-state index contributed by atoms with van der Waals surface area (Å²) < 4.78 is 4.94. The monoisotopic (exact) mass is 409 g/mol. The van der Waals surface area contributed by atoms with Crippen LogP contribution >= 0.6 is 11.3 Å². The average Bonchev–Trinajstić information content (AvgIpc) is 3.22. The van der Waals surface area contributed by atoms with Gasteiger partial charge in [-0.15, -0.1) is 11.3 Å². The Kier molecular flexibility index (Phi) is 6.70. The molecule has 0 aliphatic rings. The van der Waals surface area contributed by atoms with E-state index in [4.69, 9.17) is 4.74 Å². The van der Waals surface area contributed by atoms with Crippen molar-refractivity contribution in [1.29, 1.82) is 0 Å². The summed E-state index contributed by atoms with van der Waals surface area (Å²) in [6.07, 6.45) is 0. The molecule has 0 radical (unpaired) electrons. The van der Waals surface area contributed by atoms with Gasteiger partial charge in [0.2, 0.25) is 0 Å². The number of benzene rings is 2. The first-order valence-corrected chi connectivity index (χ1v) is 9.70. The lowest BCUT2D eigenvalue weighted by Crippen LogP contribution is -2.41. The lowest BCUT2D eigenvalue weighted by atomic mass is 10.2. The fourth-order valence-corrected chi connectivity index (χ4v) is 3.18. The lowest BCUT2D eigenvalue weighted by Gasteiger charge is -2.07. The molecule has 2 aromatic carbocycles. The number of aryl methyl sites for hydroxylation is 1. The maximum absolute atomic E-state index is 12.1. The fourth-order valence-electron chi connectivity index (χ4n) is 2.39. The number of amides is 3. The van der Waals surface area contributed by atoms with Crippen molar-refractivity contribution in [1.82, 2.24) is 15.6 Å². The van der Waals surface area contributed by atoms with Gasteiger partial charge in [-0.1, -0.05) is 60.2 Å². The van der Waals surface area contributed by atoms with E-state index in [1.807, 2.05) is 61.5 Å². The molecule has 0 fully saturated rings. The summed E-state index contributed by atoms with van der Waals surface area (Å²) in [5, 5.41) is 6.92. The number of hydrogen-bond donors (Lipinski definition) is 2. The number of rotatable bonds is 6. The van der Waals surface area contributed by atoms with Gasteiger partial charge in [-0.2, -0.15) is 0 Å². The number of thiazole rings is 1. The molecule has 0 saturated carbocycles. The van der Waals surface area contributed by atoms with E-state index in [9.17, 15) is 14.4 Å². The molecule has 3 amide bonds. The standard InChI is InChI=1S/C21H19N3O4S/c1-14-7-9-16(10-8-14)19-23-17(13-29-19)20(26)28-12-18(25)24-21(27)22-11-15-5-3-2-4-6-15/h2-10,13H,11-12H2,1H3,(H2,22,24,25,27). The first kappa shape index (κ1) is 20.2. The molecular formula is C21H19N3O4S. The highest BCUT2D eigenvalue weighted by molar-refractivity contribution is 7.13. The molecule has 0 spiro atoms. The largest absolute Gasteiger partial charge is 0.451 e. The summed E-state index contributed by atoms with van der Waals surface area (Å²) in [6, 6.07) is 16.4. The molecule has 3 aromatic rings. The van der Waals surface area contributed by atoms with Crippen LogP contribution < -0.4 is 10.6 Å². The molecule has 29 heavy (non-hydrogen) atoms. The summed E-state index contributed by atoms with van der Waals surface area (Å²) in [5.74, 6) is -1.45. The van der Waals surface area contributed by atoms with Gasteiger partial charge in [0.1, 0.15) is 5.01 Å². The number of ether oxygens (including phenoxy) is 1. The Morgan fingerprint density at radius 1 is 1.03 bits per heavy atom. The molecule has 3 rings (SSSR count). The minimum atomic E-state index is -0.724.